The number of hydrogen-bond acceptors (Lipinski definition) is 2. The van der Waals surface area contributed by atoms with Crippen LogP contribution < -0.4 is 0 Å². The first-order chi connectivity index (χ1) is 8.68. The summed E-state index contributed by atoms with van der Waals surface area (Å²) in [7, 11) is 0. The number of ketones is 1. The summed E-state index contributed by atoms with van der Waals surface area (Å²) in [4.78, 5) is 12.1. The molecule has 0 spiro atoms. The van der Waals surface area contributed by atoms with Gasteiger partial charge in [-0.05, 0) is 24.1 Å². The molecule has 0 saturated heterocycles. The lowest BCUT2D eigenvalue weighted by atomic mass is 9.87. The number of hydrogen-bond donors (Lipinski definition) is 0. The fourth-order valence-electron chi connectivity index (χ4n) is 1.64. The molecule has 0 aromatic heterocycles. The summed E-state index contributed by atoms with van der Waals surface area (Å²) in [5.74, 6) is -2.22. The van der Waals surface area contributed by atoms with Crippen LogP contribution in [0, 0.1) is 23.2 Å². The van der Waals surface area contributed by atoms with Gasteiger partial charge in [0.05, 0.1) is 11.6 Å². The van der Waals surface area contributed by atoms with Gasteiger partial charge in [-0.3, -0.25) is 4.79 Å². The molecule has 0 saturated carbocycles. The highest BCUT2D eigenvalue weighted by Gasteiger charge is 2.37. The summed E-state index contributed by atoms with van der Waals surface area (Å²) >= 11 is 2.94. The predicted molar refractivity (Wildman–Crippen MR) is 67.4 cm³/mol. The van der Waals surface area contributed by atoms with E-state index in [2.05, 4.69) is 15.9 Å². The number of nitriles is 1. The molecule has 2 nitrogen and oxygen atoms in total. The molecule has 19 heavy (non-hydrogen) atoms. The van der Waals surface area contributed by atoms with Crippen molar-refractivity contribution < 1.29 is 18.0 Å². The zero-order valence-electron chi connectivity index (χ0n) is 10.3. The molecular weight excluding hydrogens is 323 g/mol. The van der Waals surface area contributed by atoms with E-state index in [1.54, 1.807) is 19.9 Å². The van der Waals surface area contributed by atoms with E-state index < -0.39 is 29.0 Å². The second-order valence-electron chi connectivity index (χ2n) is 4.40. The summed E-state index contributed by atoms with van der Waals surface area (Å²) in [6.07, 6.45) is -4.63. The van der Waals surface area contributed by atoms with Crippen molar-refractivity contribution in [2.75, 3.05) is 0 Å². The lowest BCUT2D eigenvalue weighted by Gasteiger charge is -2.16. The van der Waals surface area contributed by atoms with E-state index in [9.17, 15) is 18.0 Å². The highest BCUT2D eigenvalue weighted by molar-refractivity contribution is 9.10. The molecule has 0 bridgehead atoms. The Kier molecular flexibility index (Phi) is 4.75. The minimum Gasteiger partial charge on any atom is -0.293 e. The molecule has 1 aromatic carbocycles. The maximum Gasteiger partial charge on any atom is 0.417 e. The van der Waals surface area contributed by atoms with Crippen molar-refractivity contribution in [3.63, 3.8) is 0 Å². The monoisotopic (exact) mass is 333 g/mol. The van der Waals surface area contributed by atoms with Crippen LogP contribution in [-0.2, 0) is 6.18 Å². The Hall–Kier alpha value is -1.35. The number of nitrogens with zero attached hydrogens (tertiary/aromatic N) is 1. The van der Waals surface area contributed by atoms with Gasteiger partial charge < -0.3 is 0 Å². The molecule has 1 rings (SSSR count). The van der Waals surface area contributed by atoms with Crippen molar-refractivity contribution in [2.24, 2.45) is 11.8 Å². The van der Waals surface area contributed by atoms with E-state index in [0.29, 0.717) is 0 Å². The average Bonchev–Trinajstić information content (AvgIpc) is 2.27. The van der Waals surface area contributed by atoms with Crippen LogP contribution >= 0.6 is 15.9 Å². The molecule has 0 aliphatic rings. The number of alkyl halides is 3. The van der Waals surface area contributed by atoms with E-state index in [-0.39, 0.29) is 10.4 Å². The van der Waals surface area contributed by atoms with Gasteiger partial charge in [-0.15, -0.1) is 0 Å². The van der Waals surface area contributed by atoms with Crippen molar-refractivity contribution in [3.8, 4) is 6.07 Å². The quantitative estimate of drug-likeness (QED) is 0.767. The van der Waals surface area contributed by atoms with Crippen molar-refractivity contribution in [1.82, 2.24) is 0 Å². The van der Waals surface area contributed by atoms with Crippen LogP contribution in [-0.4, -0.2) is 5.78 Å². The second-order valence-corrected chi connectivity index (χ2v) is 5.32. The van der Waals surface area contributed by atoms with Crippen molar-refractivity contribution in [2.45, 2.75) is 20.0 Å². The summed E-state index contributed by atoms with van der Waals surface area (Å²) in [5.41, 5.74) is -1.48. The first-order valence-corrected chi connectivity index (χ1v) is 6.28. The molecule has 0 amide bonds. The van der Waals surface area contributed by atoms with E-state index in [1.165, 1.54) is 6.07 Å². The van der Waals surface area contributed by atoms with Crippen LogP contribution in [0.2, 0.25) is 0 Å². The van der Waals surface area contributed by atoms with Gasteiger partial charge in [0.1, 0.15) is 5.92 Å². The number of benzene rings is 1. The highest BCUT2D eigenvalue weighted by Crippen LogP contribution is 2.35. The van der Waals surface area contributed by atoms with Crippen molar-refractivity contribution in [3.05, 3.63) is 33.8 Å². The average molecular weight is 334 g/mol. The molecule has 102 valence electrons. The Bertz CT molecular complexity index is 532. The molecule has 0 N–H and O–H groups in total. The predicted octanol–water partition coefficient (Wildman–Crippen LogP) is 4.45. The third kappa shape index (κ3) is 3.57. The van der Waals surface area contributed by atoms with Gasteiger partial charge in [-0.2, -0.15) is 18.4 Å². The Morgan fingerprint density at radius 3 is 2.37 bits per heavy atom. The zero-order valence-corrected chi connectivity index (χ0v) is 11.8. The lowest BCUT2D eigenvalue weighted by molar-refractivity contribution is -0.138. The minimum atomic E-state index is -4.63. The van der Waals surface area contributed by atoms with Crippen LogP contribution in [0.15, 0.2) is 22.7 Å². The number of halogens is 4. The third-order valence-electron chi connectivity index (χ3n) is 2.64. The summed E-state index contributed by atoms with van der Waals surface area (Å²) in [6.45, 7) is 3.25. The van der Waals surface area contributed by atoms with Crippen LogP contribution in [0.5, 0.6) is 0 Å². The minimum absolute atomic E-state index is 0.231. The van der Waals surface area contributed by atoms with Crippen LogP contribution in [0.25, 0.3) is 0 Å². The van der Waals surface area contributed by atoms with Crippen LogP contribution in [0.1, 0.15) is 29.8 Å². The van der Waals surface area contributed by atoms with Gasteiger partial charge in [0.25, 0.3) is 0 Å². The van der Waals surface area contributed by atoms with Crippen molar-refractivity contribution in [1.29, 1.82) is 5.26 Å². The number of carbonyl (C=O) groups excluding carboxylic acids is 1. The number of carbonyl (C=O) groups is 1. The maximum absolute atomic E-state index is 12.9. The number of rotatable bonds is 3. The molecule has 0 aliphatic carbocycles. The first-order valence-electron chi connectivity index (χ1n) is 5.49. The van der Waals surface area contributed by atoms with Gasteiger partial charge in [0.15, 0.2) is 5.78 Å². The smallest absolute Gasteiger partial charge is 0.293 e. The lowest BCUT2D eigenvalue weighted by Crippen LogP contribution is -2.22. The Labute approximate surface area is 117 Å². The van der Waals surface area contributed by atoms with E-state index in [0.717, 1.165) is 12.1 Å². The molecule has 0 fully saturated rings. The summed E-state index contributed by atoms with van der Waals surface area (Å²) in [6, 6.07) is 5.07. The Morgan fingerprint density at radius 2 is 1.95 bits per heavy atom. The third-order valence-corrected chi connectivity index (χ3v) is 3.13. The SMILES string of the molecule is CC(C)C(C#N)C(=O)c1ccc(Br)cc1C(F)(F)F. The first kappa shape index (κ1) is 15.7. The second kappa shape index (κ2) is 5.74. The summed E-state index contributed by atoms with van der Waals surface area (Å²) in [5, 5.41) is 8.92. The molecule has 0 aliphatic heterocycles. The Balaban J connectivity index is 3.36. The van der Waals surface area contributed by atoms with Gasteiger partial charge in [-0.25, -0.2) is 0 Å². The molecule has 1 aromatic rings. The van der Waals surface area contributed by atoms with Crippen LogP contribution in [0.4, 0.5) is 13.2 Å². The molecule has 6 heteroatoms. The van der Waals surface area contributed by atoms with E-state index >= 15 is 0 Å². The molecule has 0 radical (unpaired) electrons. The topological polar surface area (TPSA) is 40.9 Å². The fraction of sp³-hybridized carbons (Fsp3) is 0.385. The van der Waals surface area contributed by atoms with Crippen molar-refractivity contribution >= 4 is 21.7 Å². The van der Waals surface area contributed by atoms with Gasteiger partial charge >= 0.3 is 6.18 Å². The van der Waals surface area contributed by atoms with Crippen LogP contribution in [0.3, 0.4) is 0 Å². The standard InChI is InChI=1S/C13H11BrF3NO/c1-7(2)10(6-18)12(19)9-4-3-8(14)5-11(9)13(15,16)17/h3-5,7,10H,1-2H3. The summed E-state index contributed by atoms with van der Waals surface area (Å²) < 4.78 is 38.9. The largest absolute Gasteiger partial charge is 0.417 e. The molecule has 0 heterocycles. The molecule has 1 unspecified atom stereocenters. The van der Waals surface area contributed by atoms with E-state index in [4.69, 9.17) is 5.26 Å². The highest BCUT2D eigenvalue weighted by atomic mass is 79.9. The van der Waals surface area contributed by atoms with E-state index in [1.807, 2.05) is 0 Å². The zero-order chi connectivity index (χ0) is 14.8. The maximum atomic E-state index is 12.9. The Morgan fingerprint density at radius 1 is 1.37 bits per heavy atom. The number of Topliss-reactive ketones (excluding diaryl/α,β-unsaturated/α-hetero) is 1. The molecular formula is C13H11BrF3NO. The molecule has 1 atom stereocenters. The van der Waals surface area contributed by atoms with Gasteiger partial charge in [-0.1, -0.05) is 29.8 Å². The normalized spacial score (nSPS) is 13.2. The van der Waals surface area contributed by atoms with Gasteiger partial charge in [0.2, 0.25) is 0 Å². The van der Waals surface area contributed by atoms with Gasteiger partial charge in [0, 0.05) is 10.0 Å². The fourth-order valence-corrected chi connectivity index (χ4v) is 2.00.